The van der Waals surface area contributed by atoms with Crippen LogP contribution >= 0.6 is 12.2 Å². The predicted octanol–water partition coefficient (Wildman–Crippen LogP) is 2.37. The number of aromatic nitrogens is 3. The first-order valence-electron chi connectivity index (χ1n) is 4.12. The van der Waals surface area contributed by atoms with Crippen molar-refractivity contribution in [1.29, 1.82) is 0 Å². The molecule has 1 aliphatic rings. The van der Waals surface area contributed by atoms with Crippen molar-refractivity contribution in [3.8, 4) is 0 Å². The van der Waals surface area contributed by atoms with Crippen LogP contribution in [0.2, 0.25) is 0 Å². The Morgan fingerprint density at radius 2 is 2.23 bits per heavy atom. The summed E-state index contributed by atoms with van der Waals surface area (Å²) in [6.45, 7) is 0. The van der Waals surface area contributed by atoms with Crippen molar-refractivity contribution >= 4 is 12.2 Å². The van der Waals surface area contributed by atoms with Crippen LogP contribution in [0.3, 0.4) is 0 Å². The summed E-state index contributed by atoms with van der Waals surface area (Å²) in [5.41, 5.74) is 0. The lowest BCUT2D eigenvalue weighted by Crippen LogP contribution is -2.20. The quantitative estimate of drug-likeness (QED) is 0.691. The number of rotatable bonds is 1. The van der Waals surface area contributed by atoms with Gasteiger partial charge in [0, 0.05) is 6.42 Å². The number of nitrogens with one attached hydrogen (secondary N) is 2. The molecule has 3 nitrogen and oxygen atoms in total. The number of hydrogen-bond donors (Lipinski definition) is 2. The summed E-state index contributed by atoms with van der Waals surface area (Å²) in [6, 6.07) is 0. The maximum Gasteiger partial charge on any atom is 0.257 e. The molecule has 1 saturated carbocycles. The van der Waals surface area contributed by atoms with E-state index < -0.39 is 11.8 Å². The van der Waals surface area contributed by atoms with Crippen molar-refractivity contribution in [3.05, 3.63) is 10.6 Å². The molecule has 0 spiro atoms. The Morgan fingerprint density at radius 1 is 1.46 bits per heavy atom. The summed E-state index contributed by atoms with van der Waals surface area (Å²) in [5.74, 6) is -3.14. The number of aromatic amines is 2. The van der Waals surface area contributed by atoms with Crippen LogP contribution in [0.5, 0.6) is 0 Å². The van der Waals surface area contributed by atoms with Gasteiger partial charge >= 0.3 is 0 Å². The molecule has 13 heavy (non-hydrogen) atoms. The van der Waals surface area contributed by atoms with Crippen LogP contribution in [0.25, 0.3) is 0 Å². The molecule has 1 aromatic heterocycles. The number of halogens is 2. The van der Waals surface area contributed by atoms with Crippen molar-refractivity contribution in [2.24, 2.45) is 0 Å². The third kappa shape index (κ3) is 1.50. The molecule has 1 aromatic rings. The Hall–Kier alpha value is -0.780. The Labute approximate surface area is 78.6 Å². The molecule has 1 aliphatic carbocycles. The normalized spacial score (nSPS) is 26.5. The van der Waals surface area contributed by atoms with E-state index in [-0.39, 0.29) is 17.0 Å². The van der Waals surface area contributed by atoms with E-state index in [0.29, 0.717) is 12.8 Å². The second-order valence-corrected chi connectivity index (χ2v) is 3.64. The third-order valence-electron chi connectivity index (χ3n) is 2.36. The van der Waals surface area contributed by atoms with Gasteiger partial charge in [-0.15, -0.1) is 0 Å². The van der Waals surface area contributed by atoms with Crippen LogP contribution in [0.1, 0.15) is 31.0 Å². The van der Waals surface area contributed by atoms with Crippen molar-refractivity contribution < 1.29 is 8.78 Å². The average Bonchev–Trinajstić information content (AvgIpc) is 2.56. The highest BCUT2D eigenvalue weighted by atomic mass is 32.1. The monoisotopic (exact) mass is 205 g/mol. The first kappa shape index (κ1) is 8.80. The minimum atomic E-state index is -2.63. The van der Waals surface area contributed by atoms with Gasteiger partial charge in [0.15, 0.2) is 0 Å². The van der Waals surface area contributed by atoms with Crippen LogP contribution in [-0.4, -0.2) is 21.1 Å². The van der Waals surface area contributed by atoms with Gasteiger partial charge in [0.1, 0.15) is 5.82 Å². The molecule has 6 heteroatoms. The van der Waals surface area contributed by atoms with E-state index in [1.807, 2.05) is 0 Å². The van der Waals surface area contributed by atoms with Crippen molar-refractivity contribution in [3.63, 3.8) is 0 Å². The van der Waals surface area contributed by atoms with Gasteiger partial charge in [-0.3, -0.25) is 10.2 Å². The number of hydrogen-bond acceptors (Lipinski definition) is 2. The lowest BCUT2D eigenvalue weighted by molar-refractivity contribution is -0.0112. The highest BCUT2D eigenvalue weighted by molar-refractivity contribution is 7.71. The standard InChI is InChI=1S/C7H9F2N3S/c8-7(9)3-1-2-4(7)5-10-6(13)12-11-5/h4H,1-3H2,(H2,10,11,12,13). The number of nitrogens with zero attached hydrogens (tertiary/aromatic N) is 1. The summed E-state index contributed by atoms with van der Waals surface area (Å²) in [6.07, 6.45) is 0.972. The zero-order chi connectivity index (χ0) is 9.47. The van der Waals surface area contributed by atoms with E-state index in [0.717, 1.165) is 0 Å². The van der Waals surface area contributed by atoms with Gasteiger partial charge in [-0.25, -0.2) is 13.8 Å². The molecule has 1 heterocycles. The van der Waals surface area contributed by atoms with E-state index in [1.165, 1.54) is 0 Å². The van der Waals surface area contributed by atoms with Crippen LogP contribution in [0.15, 0.2) is 0 Å². The smallest absolute Gasteiger partial charge is 0.257 e. The summed E-state index contributed by atoms with van der Waals surface area (Å²) in [7, 11) is 0. The Morgan fingerprint density at radius 3 is 2.69 bits per heavy atom. The van der Waals surface area contributed by atoms with Crippen LogP contribution < -0.4 is 0 Å². The van der Waals surface area contributed by atoms with Gasteiger partial charge in [0.05, 0.1) is 5.92 Å². The summed E-state index contributed by atoms with van der Waals surface area (Å²) in [4.78, 5) is 3.81. The average molecular weight is 205 g/mol. The predicted molar refractivity (Wildman–Crippen MR) is 45.3 cm³/mol. The molecular weight excluding hydrogens is 196 g/mol. The highest BCUT2D eigenvalue weighted by Crippen LogP contribution is 2.45. The fourth-order valence-electron chi connectivity index (χ4n) is 1.71. The van der Waals surface area contributed by atoms with Gasteiger partial charge in [0.2, 0.25) is 4.77 Å². The molecule has 2 N–H and O–H groups in total. The largest absolute Gasteiger partial charge is 0.285 e. The highest BCUT2D eigenvalue weighted by Gasteiger charge is 2.46. The van der Waals surface area contributed by atoms with Crippen LogP contribution in [-0.2, 0) is 0 Å². The van der Waals surface area contributed by atoms with E-state index in [2.05, 4.69) is 15.2 Å². The molecular formula is C7H9F2N3S. The zero-order valence-electron chi connectivity index (χ0n) is 6.81. The van der Waals surface area contributed by atoms with Crippen LogP contribution in [0, 0.1) is 4.77 Å². The SMILES string of the molecule is FC1(F)CCCC1c1nc(=S)[nH][nH]1. The molecule has 1 unspecified atom stereocenters. The van der Waals surface area contributed by atoms with Gasteiger partial charge < -0.3 is 0 Å². The van der Waals surface area contributed by atoms with E-state index in [4.69, 9.17) is 12.2 Å². The van der Waals surface area contributed by atoms with Crippen molar-refractivity contribution in [2.75, 3.05) is 0 Å². The minimum absolute atomic E-state index is 0.0505. The molecule has 0 saturated heterocycles. The van der Waals surface area contributed by atoms with E-state index in [9.17, 15) is 8.78 Å². The molecule has 0 aliphatic heterocycles. The summed E-state index contributed by atoms with van der Waals surface area (Å²) < 4.78 is 26.6. The molecule has 0 aromatic carbocycles. The second kappa shape index (κ2) is 2.87. The molecule has 2 rings (SSSR count). The maximum atomic E-state index is 13.2. The fraction of sp³-hybridized carbons (Fsp3) is 0.714. The van der Waals surface area contributed by atoms with Crippen molar-refractivity contribution in [2.45, 2.75) is 31.1 Å². The first-order valence-corrected chi connectivity index (χ1v) is 4.53. The molecule has 72 valence electrons. The molecule has 0 radical (unpaired) electrons. The summed E-state index contributed by atoms with van der Waals surface area (Å²) in [5, 5.41) is 5.11. The fourth-order valence-corrected chi connectivity index (χ4v) is 1.86. The Balaban J connectivity index is 2.31. The summed E-state index contributed by atoms with van der Waals surface area (Å²) >= 11 is 4.70. The molecule has 1 fully saturated rings. The zero-order valence-corrected chi connectivity index (χ0v) is 7.63. The second-order valence-electron chi connectivity index (χ2n) is 3.26. The maximum absolute atomic E-state index is 13.2. The van der Waals surface area contributed by atoms with E-state index >= 15 is 0 Å². The van der Waals surface area contributed by atoms with E-state index in [1.54, 1.807) is 0 Å². The number of H-pyrrole nitrogens is 2. The van der Waals surface area contributed by atoms with Crippen molar-refractivity contribution in [1.82, 2.24) is 15.2 Å². The van der Waals surface area contributed by atoms with Gasteiger partial charge in [-0.2, -0.15) is 0 Å². The molecule has 1 atom stereocenters. The lowest BCUT2D eigenvalue weighted by Gasteiger charge is -2.15. The minimum Gasteiger partial charge on any atom is -0.285 e. The van der Waals surface area contributed by atoms with Crippen LogP contribution in [0.4, 0.5) is 8.78 Å². The molecule has 0 amide bonds. The molecule has 0 bridgehead atoms. The Kier molecular flexibility index (Phi) is 1.94. The number of alkyl halides is 2. The van der Waals surface area contributed by atoms with Gasteiger partial charge in [-0.1, -0.05) is 0 Å². The van der Waals surface area contributed by atoms with Gasteiger partial charge in [0.25, 0.3) is 5.92 Å². The van der Waals surface area contributed by atoms with Gasteiger partial charge in [-0.05, 0) is 25.1 Å². The Bertz CT molecular complexity index is 357. The third-order valence-corrected chi connectivity index (χ3v) is 2.56. The first-order chi connectivity index (χ1) is 6.09. The lowest BCUT2D eigenvalue weighted by atomic mass is 10.1. The topological polar surface area (TPSA) is 44.5 Å².